The maximum absolute atomic E-state index is 9.25. The first-order valence-electron chi connectivity index (χ1n) is 7.33. The van der Waals surface area contributed by atoms with Gasteiger partial charge < -0.3 is 5.11 Å². The van der Waals surface area contributed by atoms with Gasteiger partial charge in [-0.05, 0) is 17.5 Å². The molecule has 5 heteroatoms. The normalized spacial score (nSPS) is 11.5. The van der Waals surface area contributed by atoms with E-state index in [0.29, 0.717) is 12.5 Å². The van der Waals surface area contributed by atoms with E-state index < -0.39 is 0 Å². The third kappa shape index (κ3) is 5.53. The Bertz CT molecular complexity index is 527. The summed E-state index contributed by atoms with van der Waals surface area (Å²) in [6, 6.07) is 4.01. The van der Waals surface area contributed by atoms with E-state index in [1.54, 1.807) is 17.5 Å². The highest BCUT2D eigenvalue weighted by molar-refractivity contribution is 7.11. The lowest BCUT2D eigenvalue weighted by atomic mass is 10.1. The Morgan fingerprint density at radius 1 is 1.29 bits per heavy atom. The van der Waals surface area contributed by atoms with Gasteiger partial charge in [-0.15, -0.1) is 11.3 Å². The van der Waals surface area contributed by atoms with Crippen LogP contribution in [0.2, 0.25) is 0 Å². The fourth-order valence-electron chi connectivity index (χ4n) is 2.19. The van der Waals surface area contributed by atoms with Crippen LogP contribution in [-0.2, 0) is 19.5 Å². The maximum atomic E-state index is 9.25. The van der Waals surface area contributed by atoms with Crippen LogP contribution in [0.5, 0.6) is 0 Å². The SMILES string of the molecule is CC(C)Cc1ncc(CN(CCO)Cc2cccnc2)s1. The highest BCUT2D eigenvalue weighted by Gasteiger charge is 2.10. The molecule has 21 heavy (non-hydrogen) atoms. The first kappa shape index (κ1) is 16.1. The van der Waals surface area contributed by atoms with Crippen LogP contribution in [-0.4, -0.2) is 33.1 Å². The Kier molecular flexibility index (Phi) is 6.29. The average Bonchev–Trinajstić information content (AvgIpc) is 2.86. The number of nitrogens with zero attached hydrogens (tertiary/aromatic N) is 3. The summed E-state index contributed by atoms with van der Waals surface area (Å²) in [6.45, 7) is 6.87. The molecule has 114 valence electrons. The number of hydrogen-bond acceptors (Lipinski definition) is 5. The Hall–Kier alpha value is -1.30. The molecule has 0 spiro atoms. The molecule has 2 rings (SSSR count). The maximum Gasteiger partial charge on any atom is 0.0930 e. The molecule has 2 heterocycles. The summed E-state index contributed by atoms with van der Waals surface area (Å²) >= 11 is 1.78. The molecule has 0 radical (unpaired) electrons. The van der Waals surface area contributed by atoms with E-state index in [1.165, 1.54) is 9.88 Å². The zero-order valence-electron chi connectivity index (χ0n) is 12.7. The van der Waals surface area contributed by atoms with Gasteiger partial charge in [-0.1, -0.05) is 19.9 Å². The third-order valence-electron chi connectivity index (χ3n) is 3.11. The van der Waals surface area contributed by atoms with Gasteiger partial charge in [-0.3, -0.25) is 9.88 Å². The molecule has 0 fully saturated rings. The van der Waals surface area contributed by atoms with Crippen molar-refractivity contribution in [1.82, 2.24) is 14.9 Å². The molecule has 0 aliphatic carbocycles. The van der Waals surface area contributed by atoms with Crippen LogP contribution in [0, 0.1) is 5.92 Å². The summed E-state index contributed by atoms with van der Waals surface area (Å²) in [5, 5.41) is 10.4. The smallest absolute Gasteiger partial charge is 0.0930 e. The van der Waals surface area contributed by atoms with E-state index in [2.05, 4.69) is 34.8 Å². The first-order chi connectivity index (χ1) is 10.2. The first-order valence-corrected chi connectivity index (χ1v) is 8.14. The summed E-state index contributed by atoms with van der Waals surface area (Å²) in [5.41, 5.74) is 1.16. The fraction of sp³-hybridized carbons (Fsp3) is 0.500. The van der Waals surface area contributed by atoms with Crippen LogP contribution in [0.25, 0.3) is 0 Å². The number of thiazole rings is 1. The van der Waals surface area contributed by atoms with Gasteiger partial charge in [0.2, 0.25) is 0 Å². The van der Waals surface area contributed by atoms with Gasteiger partial charge in [0.15, 0.2) is 0 Å². The summed E-state index contributed by atoms with van der Waals surface area (Å²) in [5.74, 6) is 0.632. The van der Waals surface area contributed by atoms with E-state index in [-0.39, 0.29) is 6.61 Å². The monoisotopic (exact) mass is 305 g/mol. The Labute approximate surface area is 130 Å². The molecule has 0 aliphatic heterocycles. The minimum Gasteiger partial charge on any atom is -0.395 e. The second-order valence-electron chi connectivity index (χ2n) is 5.61. The van der Waals surface area contributed by atoms with Crippen LogP contribution < -0.4 is 0 Å². The third-order valence-corrected chi connectivity index (χ3v) is 4.11. The van der Waals surface area contributed by atoms with Crippen LogP contribution in [0.3, 0.4) is 0 Å². The average molecular weight is 305 g/mol. The van der Waals surface area contributed by atoms with Crippen LogP contribution in [0.4, 0.5) is 0 Å². The van der Waals surface area contributed by atoms with Crippen molar-refractivity contribution in [2.24, 2.45) is 5.92 Å². The Morgan fingerprint density at radius 3 is 2.81 bits per heavy atom. The van der Waals surface area contributed by atoms with Crippen molar-refractivity contribution < 1.29 is 5.11 Å². The number of hydrogen-bond donors (Lipinski definition) is 1. The molecule has 0 aromatic carbocycles. The highest BCUT2D eigenvalue weighted by atomic mass is 32.1. The lowest BCUT2D eigenvalue weighted by molar-refractivity contribution is 0.185. The summed E-state index contributed by atoms with van der Waals surface area (Å²) in [7, 11) is 0. The van der Waals surface area contributed by atoms with Gasteiger partial charge in [0.25, 0.3) is 0 Å². The minimum atomic E-state index is 0.165. The molecular weight excluding hydrogens is 282 g/mol. The Balaban J connectivity index is 1.97. The molecule has 0 atom stereocenters. The number of pyridine rings is 1. The van der Waals surface area contributed by atoms with Crippen LogP contribution in [0.15, 0.2) is 30.7 Å². The van der Waals surface area contributed by atoms with Gasteiger partial charge in [0.05, 0.1) is 11.6 Å². The zero-order chi connectivity index (χ0) is 15.1. The largest absolute Gasteiger partial charge is 0.395 e. The quantitative estimate of drug-likeness (QED) is 0.815. The number of aliphatic hydroxyl groups is 1. The molecule has 0 aliphatic rings. The van der Waals surface area contributed by atoms with Crippen LogP contribution >= 0.6 is 11.3 Å². The van der Waals surface area contributed by atoms with Crippen molar-refractivity contribution in [2.45, 2.75) is 33.4 Å². The molecule has 0 amide bonds. The second-order valence-corrected chi connectivity index (χ2v) is 6.81. The lowest BCUT2D eigenvalue weighted by Gasteiger charge is -2.20. The number of aliphatic hydroxyl groups excluding tert-OH is 1. The van der Waals surface area contributed by atoms with Gasteiger partial charge >= 0.3 is 0 Å². The minimum absolute atomic E-state index is 0.165. The van der Waals surface area contributed by atoms with Crippen LogP contribution in [0.1, 0.15) is 29.3 Å². The predicted molar refractivity (Wildman–Crippen MR) is 86.1 cm³/mol. The molecule has 0 saturated heterocycles. The molecule has 4 nitrogen and oxygen atoms in total. The highest BCUT2D eigenvalue weighted by Crippen LogP contribution is 2.19. The van der Waals surface area contributed by atoms with Gasteiger partial charge in [0.1, 0.15) is 0 Å². The molecule has 0 unspecified atom stereocenters. The predicted octanol–water partition coefficient (Wildman–Crippen LogP) is 2.73. The molecular formula is C16H23N3OS. The van der Waals surface area contributed by atoms with Crippen molar-refractivity contribution in [2.75, 3.05) is 13.2 Å². The van der Waals surface area contributed by atoms with Crippen molar-refractivity contribution >= 4 is 11.3 Å². The van der Waals surface area contributed by atoms with Crippen molar-refractivity contribution in [3.63, 3.8) is 0 Å². The van der Waals surface area contributed by atoms with E-state index in [1.807, 2.05) is 18.5 Å². The van der Waals surface area contributed by atoms with E-state index >= 15 is 0 Å². The van der Waals surface area contributed by atoms with E-state index in [9.17, 15) is 5.11 Å². The van der Waals surface area contributed by atoms with E-state index in [0.717, 1.165) is 25.1 Å². The summed E-state index contributed by atoms with van der Waals surface area (Å²) in [4.78, 5) is 12.1. The standard InChI is InChI=1S/C16H23N3OS/c1-13(2)8-16-18-10-15(21-16)12-19(6-7-20)11-14-4-3-5-17-9-14/h3-5,9-10,13,20H,6-8,11-12H2,1-2H3. The van der Waals surface area contributed by atoms with Gasteiger partial charge in [0, 0.05) is 49.5 Å². The second kappa shape index (κ2) is 8.22. The number of rotatable bonds is 8. The van der Waals surface area contributed by atoms with Crippen molar-refractivity contribution in [1.29, 1.82) is 0 Å². The van der Waals surface area contributed by atoms with Crippen molar-refractivity contribution in [3.05, 3.63) is 46.2 Å². The molecule has 0 bridgehead atoms. The molecule has 2 aromatic rings. The van der Waals surface area contributed by atoms with Crippen molar-refractivity contribution in [3.8, 4) is 0 Å². The molecule has 1 N–H and O–H groups in total. The van der Waals surface area contributed by atoms with Gasteiger partial charge in [-0.2, -0.15) is 0 Å². The number of aromatic nitrogens is 2. The Morgan fingerprint density at radius 2 is 2.14 bits per heavy atom. The topological polar surface area (TPSA) is 49.2 Å². The summed E-state index contributed by atoms with van der Waals surface area (Å²) < 4.78 is 0. The van der Waals surface area contributed by atoms with Gasteiger partial charge in [-0.25, -0.2) is 4.98 Å². The fourth-order valence-corrected chi connectivity index (χ4v) is 3.37. The molecule has 2 aromatic heterocycles. The van der Waals surface area contributed by atoms with E-state index in [4.69, 9.17) is 0 Å². The lowest BCUT2D eigenvalue weighted by Crippen LogP contribution is -2.25. The zero-order valence-corrected chi connectivity index (χ0v) is 13.5. The summed E-state index contributed by atoms with van der Waals surface area (Å²) in [6.07, 6.45) is 6.66. The molecule has 0 saturated carbocycles.